The highest BCUT2D eigenvalue weighted by molar-refractivity contribution is 5.23. The van der Waals surface area contributed by atoms with Gasteiger partial charge in [-0.3, -0.25) is 0 Å². The van der Waals surface area contributed by atoms with Crippen LogP contribution in [0.3, 0.4) is 0 Å². The van der Waals surface area contributed by atoms with E-state index in [0.29, 0.717) is 0 Å². The van der Waals surface area contributed by atoms with Crippen LogP contribution in [0.15, 0.2) is 43.0 Å². The lowest BCUT2D eigenvalue weighted by Gasteiger charge is -2.07. The summed E-state index contributed by atoms with van der Waals surface area (Å²) in [7, 11) is 0. The van der Waals surface area contributed by atoms with Crippen molar-refractivity contribution in [1.29, 1.82) is 0 Å². The van der Waals surface area contributed by atoms with Crippen molar-refractivity contribution < 1.29 is 0 Å². The van der Waals surface area contributed by atoms with Crippen LogP contribution in [0, 0.1) is 0 Å². The molecule has 1 N–H and O–H groups in total. The third-order valence-electron chi connectivity index (χ3n) is 3.09. The topological polar surface area (TPSA) is 29.9 Å². The molecule has 1 aromatic carbocycles. The van der Waals surface area contributed by atoms with Gasteiger partial charge in [0.15, 0.2) is 0 Å². The smallest absolute Gasteiger partial charge is 0.0949 e. The number of rotatable bonds is 5. The molecular formula is C14H17N3. The number of aromatic nitrogens is 2. The van der Waals surface area contributed by atoms with Crippen LogP contribution in [0.5, 0.6) is 0 Å². The van der Waals surface area contributed by atoms with Gasteiger partial charge < -0.3 is 9.88 Å². The van der Waals surface area contributed by atoms with Gasteiger partial charge >= 0.3 is 0 Å². The van der Waals surface area contributed by atoms with Gasteiger partial charge in [0, 0.05) is 31.5 Å². The molecule has 0 spiro atoms. The Morgan fingerprint density at radius 2 is 2.18 bits per heavy atom. The zero-order valence-electron chi connectivity index (χ0n) is 9.84. The van der Waals surface area contributed by atoms with Gasteiger partial charge in [-0.25, -0.2) is 4.98 Å². The first-order chi connectivity index (χ1) is 8.40. The Hall–Kier alpha value is -1.61. The first kappa shape index (κ1) is 10.5. The molecule has 0 saturated heterocycles. The second kappa shape index (κ2) is 4.72. The summed E-state index contributed by atoms with van der Waals surface area (Å²) in [6, 6.07) is 9.53. The first-order valence-electron chi connectivity index (χ1n) is 6.17. The van der Waals surface area contributed by atoms with E-state index in [4.69, 9.17) is 0 Å². The van der Waals surface area contributed by atoms with Crippen LogP contribution in [-0.2, 0) is 13.1 Å². The van der Waals surface area contributed by atoms with E-state index in [1.165, 1.54) is 24.0 Å². The summed E-state index contributed by atoms with van der Waals surface area (Å²) in [5, 5.41) is 3.54. The summed E-state index contributed by atoms with van der Waals surface area (Å²) in [6.45, 7) is 1.89. The quantitative estimate of drug-likeness (QED) is 0.848. The SMILES string of the molecule is c1cc(CNC2CC2)cc(Cn2ccnc2)c1. The van der Waals surface area contributed by atoms with E-state index in [1.54, 1.807) is 0 Å². The predicted octanol–water partition coefficient (Wildman–Crippen LogP) is 2.18. The number of nitrogens with one attached hydrogen (secondary N) is 1. The van der Waals surface area contributed by atoms with Crippen molar-refractivity contribution in [3.8, 4) is 0 Å². The maximum atomic E-state index is 4.06. The van der Waals surface area contributed by atoms with E-state index in [2.05, 4.69) is 39.1 Å². The second-order valence-corrected chi connectivity index (χ2v) is 4.71. The van der Waals surface area contributed by atoms with Gasteiger partial charge in [0.1, 0.15) is 0 Å². The third kappa shape index (κ3) is 2.94. The molecule has 0 amide bonds. The van der Waals surface area contributed by atoms with Crippen LogP contribution in [0.2, 0.25) is 0 Å². The number of hydrogen-bond acceptors (Lipinski definition) is 2. The van der Waals surface area contributed by atoms with Crippen molar-refractivity contribution in [3.63, 3.8) is 0 Å². The molecule has 17 heavy (non-hydrogen) atoms. The lowest BCUT2D eigenvalue weighted by molar-refractivity contribution is 0.686. The van der Waals surface area contributed by atoms with Crippen LogP contribution < -0.4 is 5.32 Å². The van der Waals surface area contributed by atoms with Crippen LogP contribution in [-0.4, -0.2) is 15.6 Å². The van der Waals surface area contributed by atoms with Crippen LogP contribution >= 0.6 is 0 Å². The molecule has 0 aliphatic heterocycles. The standard InChI is InChI=1S/C14H17N3/c1-2-12(9-16-14-4-5-14)8-13(3-1)10-17-7-6-15-11-17/h1-3,6-8,11,14,16H,4-5,9-10H2. The van der Waals surface area contributed by atoms with E-state index in [0.717, 1.165) is 19.1 Å². The fourth-order valence-electron chi connectivity index (χ4n) is 1.98. The fraction of sp³-hybridized carbons (Fsp3) is 0.357. The minimum Gasteiger partial charge on any atom is -0.333 e. The van der Waals surface area contributed by atoms with Gasteiger partial charge in [0.05, 0.1) is 6.33 Å². The van der Waals surface area contributed by atoms with Crippen molar-refractivity contribution >= 4 is 0 Å². The average Bonchev–Trinajstić information content (AvgIpc) is 3.05. The van der Waals surface area contributed by atoms with Gasteiger partial charge in [0.25, 0.3) is 0 Å². The zero-order chi connectivity index (χ0) is 11.5. The molecule has 0 radical (unpaired) electrons. The van der Waals surface area contributed by atoms with Gasteiger partial charge in [-0.15, -0.1) is 0 Å². The zero-order valence-corrected chi connectivity index (χ0v) is 9.84. The molecule has 0 atom stereocenters. The highest BCUT2D eigenvalue weighted by atomic mass is 15.0. The largest absolute Gasteiger partial charge is 0.333 e. The highest BCUT2D eigenvalue weighted by Crippen LogP contribution is 2.19. The van der Waals surface area contributed by atoms with Crippen LogP contribution in [0.4, 0.5) is 0 Å². The molecule has 3 heteroatoms. The molecule has 0 bridgehead atoms. The van der Waals surface area contributed by atoms with E-state index in [9.17, 15) is 0 Å². The summed E-state index contributed by atoms with van der Waals surface area (Å²) >= 11 is 0. The first-order valence-corrected chi connectivity index (χ1v) is 6.17. The Morgan fingerprint density at radius 1 is 1.29 bits per heavy atom. The molecule has 1 aliphatic carbocycles. The predicted molar refractivity (Wildman–Crippen MR) is 67.6 cm³/mol. The van der Waals surface area contributed by atoms with E-state index in [1.807, 2.05) is 18.7 Å². The summed E-state index contributed by atoms with van der Waals surface area (Å²) in [4.78, 5) is 4.06. The van der Waals surface area contributed by atoms with Gasteiger partial charge in [0.2, 0.25) is 0 Å². The number of imidazole rings is 1. The maximum absolute atomic E-state index is 4.06. The number of hydrogen-bond donors (Lipinski definition) is 1. The van der Waals surface area contributed by atoms with Gasteiger partial charge in [-0.05, 0) is 24.0 Å². The fourth-order valence-corrected chi connectivity index (χ4v) is 1.98. The Kier molecular flexibility index (Phi) is 2.92. The number of nitrogens with zero attached hydrogens (tertiary/aromatic N) is 2. The molecule has 1 aliphatic rings. The summed E-state index contributed by atoms with van der Waals surface area (Å²) in [5.74, 6) is 0. The third-order valence-corrected chi connectivity index (χ3v) is 3.09. The highest BCUT2D eigenvalue weighted by Gasteiger charge is 2.19. The minimum atomic E-state index is 0.771. The van der Waals surface area contributed by atoms with Crippen LogP contribution in [0.25, 0.3) is 0 Å². The van der Waals surface area contributed by atoms with Crippen LogP contribution in [0.1, 0.15) is 24.0 Å². The van der Waals surface area contributed by atoms with Crippen molar-refractivity contribution in [2.24, 2.45) is 0 Å². The van der Waals surface area contributed by atoms with Crippen molar-refractivity contribution in [3.05, 3.63) is 54.1 Å². The molecule has 1 aromatic heterocycles. The Balaban J connectivity index is 1.65. The normalized spacial score (nSPS) is 15.1. The molecule has 3 rings (SSSR count). The monoisotopic (exact) mass is 227 g/mol. The molecular weight excluding hydrogens is 210 g/mol. The molecule has 1 saturated carbocycles. The molecule has 2 aromatic rings. The summed E-state index contributed by atoms with van der Waals surface area (Å²) in [6.07, 6.45) is 8.35. The van der Waals surface area contributed by atoms with Crippen molar-refractivity contribution in [1.82, 2.24) is 14.9 Å². The summed E-state index contributed by atoms with van der Waals surface area (Å²) < 4.78 is 2.09. The molecule has 88 valence electrons. The molecule has 0 unspecified atom stereocenters. The Morgan fingerprint density at radius 3 is 2.94 bits per heavy atom. The lowest BCUT2D eigenvalue weighted by atomic mass is 10.1. The van der Waals surface area contributed by atoms with E-state index < -0.39 is 0 Å². The minimum absolute atomic E-state index is 0.771. The number of benzene rings is 1. The molecule has 3 nitrogen and oxygen atoms in total. The van der Waals surface area contributed by atoms with E-state index >= 15 is 0 Å². The second-order valence-electron chi connectivity index (χ2n) is 4.71. The average molecular weight is 227 g/mol. The Bertz CT molecular complexity index is 472. The van der Waals surface area contributed by atoms with Crippen molar-refractivity contribution in [2.45, 2.75) is 32.0 Å². The van der Waals surface area contributed by atoms with Gasteiger partial charge in [-0.1, -0.05) is 24.3 Å². The molecule has 1 heterocycles. The Labute approximate surface area is 101 Å². The molecule has 1 fully saturated rings. The summed E-state index contributed by atoms with van der Waals surface area (Å²) in [5.41, 5.74) is 2.70. The van der Waals surface area contributed by atoms with Gasteiger partial charge in [-0.2, -0.15) is 0 Å². The van der Waals surface area contributed by atoms with Crippen molar-refractivity contribution in [2.75, 3.05) is 0 Å². The van der Waals surface area contributed by atoms with E-state index in [-0.39, 0.29) is 0 Å². The maximum Gasteiger partial charge on any atom is 0.0949 e. The lowest BCUT2D eigenvalue weighted by Crippen LogP contribution is -2.15.